The summed E-state index contributed by atoms with van der Waals surface area (Å²) in [5.74, 6) is 0. The molecule has 0 unspecified atom stereocenters. The van der Waals surface area contributed by atoms with Gasteiger partial charge in [-0.05, 0) is 110 Å². The molecule has 0 amide bonds. The molecule has 328 valence electrons. The van der Waals surface area contributed by atoms with Crippen LogP contribution in [0.2, 0.25) is 0 Å². The Morgan fingerprint density at radius 3 is 1.31 bits per heavy atom. The molecule has 2 nitrogen and oxygen atoms in total. The van der Waals surface area contributed by atoms with E-state index in [0.717, 1.165) is 11.4 Å². The quantitative estimate of drug-likeness (QED) is 0.106. The highest BCUT2D eigenvalue weighted by Crippen LogP contribution is 2.38. The van der Waals surface area contributed by atoms with Crippen LogP contribution in [0.3, 0.4) is 0 Å². The molecule has 0 fully saturated rings. The van der Waals surface area contributed by atoms with Crippen molar-refractivity contribution in [1.29, 1.82) is 0 Å². The molecule has 14 aromatic rings. The topological polar surface area (TPSA) is 9.86 Å². The second kappa shape index (κ2) is 16.3. The maximum Gasteiger partial charge on any atom is 0.179 e. The van der Waals surface area contributed by atoms with Crippen molar-refractivity contribution in [3.05, 3.63) is 267 Å². The minimum atomic E-state index is -2.98. The van der Waals surface area contributed by atoms with Gasteiger partial charge in [0.1, 0.15) is 0 Å². The highest BCUT2D eigenvalue weighted by Gasteiger charge is 2.42. The first-order chi connectivity index (χ1) is 34.7. The van der Waals surface area contributed by atoms with Crippen molar-refractivity contribution in [3.63, 3.8) is 0 Å². The minimum Gasteiger partial charge on any atom is -0.309 e. The van der Waals surface area contributed by atoms with E-state index >= 15 is 0 Å². The summed E-state index contributed by atoms with van der Waals surface area (Å²) < 4.78 is 7.49. The molecule has 0 bridgehead atoms. The van der Waals surface area contributed by atoms with Crippen LogP contribution in [0.5, 0.6) is 0 Å². The third-order valence-electron chi connectivity index (χ3n) is 14.6. The van der Waals surface area contributed by atoms with Gasteiger partial charge in [-0.3, -0.25) is 0 Å². The molecule has 0 N–H and O–H groups in total. The third kappa shape index (κ3) is 6.31. The van der Waals surface area contributed by atoms with Crippen molar-refractivity contribution in [2.75, 3.05) is 0 Å². The SMILES string of the molecule is c1ccc(-c2cc(-c3ccc(-n4c5ccccc5c5cc(-n6c7ccccc7c7ccccc76)ccc54)cc3)cc([Si](c3ccccc3)(c3ccccc3)c3ccc4sc5ccccc5c4c3)c2)cc1. The minimum absolute atomic E-state index is 1.13. The average molecular weight is 925 g/mol. The highest BCUT2D eigenvalue weighted by molar-refractivity contribution is 7.26. The summed E-state index contributed by atoms with van der Waals surface area (Å²) in [4.78, 5) is 0. The molecule has 3 heterocycles. The summed E-state index contributed by atoms with van der Waals surface area (Å²) in [7, 11) is -2.98. The average Bonchev–Trinajstić information content (AvgIpc) is 4.09. The normalized spacial score (nSPS) is 12.0. The fourth-order valence-electron chi connectivity index (χ4n) is 11.5. The van der Waals surface area contributed by atoms with Crippen LogP contribution < -0.4 is 20.7 Å². The summed E-state index contributed by atoms with van der Waals surface area (Å²) in [6, 6.07) is 99.8. The zero-order valence-corrected chi connectivity index (χ0v) is 40.0. The molecule has 0 aliphatic heterocycles. The van der Waals surface area contributed by atoms with Crippen LogP contribution in [0.15, 0.2) is 267 Å². The lowest BCUT2D eigenvalue weighted by Gasteiger charge is -2.35. The van der Waals surface area contributed by atoms with E-state index in [-0.39, 0.29) is 0 Å². The fourth-order valence-corrected chi connectivity index (χ4v) is 17.4. The Balaban J connectivity index is 0.958. The van der Waals surface area contributed by atoms with Gasteiger partial charge >= 0.3 is 0 Å². The molecular weight excluding hydrogens is 881 g/mol. The summed E-state index contributed by atoms with van der Waals surface area (Å²) in [6.45, 7) is 0. The van der Waals surface area contributed by atoms with E-state index in [9.17, 15) is 0 Å². The monoisotopic (exact) mass is 924 g/mol. The van der Waals surface area contributed by atoms with Crippen LogP contribution in [-0.4, -0.2) is 17.2 Å². The van der Waals surface area contributed by atoms with Gasteiger partial charge in [-0.15, -0.1) is 11.3 Å². The zero-order valence-electron chi connectivity index (χ0n) is 38.2. The van der Waals surface area contributed by atoms with E-state index in [1.807, 2.05) is 11.3 Å². The maximum atomic E-state index is 2.53. The second-order valence-electron chi connectivity index (χ2n) is 18.4. The van der Waals surface area contributed by atoms with Gasteiger partial charge in [-0.25, -0.2) is 0 Å². The Labute approximate surface area is 411 Å². The molecule has 70 heavy (non-hydrogen) atoms. The van der Waals surface area contributed by atoms with Gasteiger partial charge in [0.15, 0.2) is 8.07 Å². The molecule has 11 aromatic carbocycles. The predicted molar refractivity (Wildman–Crippen MR) is 302 cm³/mol. The molecule has 0 saturated heterocycles. The Morgan fingerprint density at radius 2 is 0.700 bits per heavy atom. The second-order valence-corrected chi connectivity index (χ2v) is 23.3. The third-order valence-corrected chi connectivity index (χ3v) is 20.5. The van der Waals surface area contributed by atoms with Gasteiger partial charge in [0.05, 0.1) is 22.1 Å². The van der Waals surface area contributed by atoms with E-state index in [1.165, 1.54) is 107 Å². The molecular formula is C66H44N2SSi. The number of benzene rings is 11. The number of rotatable bonds is 8. The lowest BCUT2D eigenvalue weighted by Crippen LogP contribution is -2.74. The van der Waals surface area contributed by atoms with E-state index in [2.05, 4.69) is 276 Å². The van der Waals surface area contributed by atoms with E-state index in [1.54, 1.807) is 0 Å². The first-order valence-electron chi connectivity index (χ1n) is 24.1. The van der Waals surface area contributed by atoms with Crippen molar-refractivity contribution < 1.29 is 0 Å². The van der Waals surface area contributed by atoms with Gasteiger partial charge < -0.3 is 9.13 Å². The number of fused-ring (bicyclic) bond motifs is 9. The highest BCUT2D eigenvalue weighted by atomic mass is 32.1. The number of hydrogen-bond donors (Lipinski definition) is 0. The van der Waals surface area contributed by atoms with Crippen LogP contribution in [0.4, 0.5) is 0 Å². The van der Waals surface area contributed by atoms with Crippen LogP contribution in [-0.2, 0) is 0 Å². The van der Waals surface area contributed by atoms with E-state index in [4.69, 9.17) is 0 Å². The van der Waals surface area contributed by atoms with E-state index < -0.39 is 8.07 Å². The number of hydrogen-bond acceptors (Lipinski definition) is 1. The molecule has 0 atom stereocenters. The van der Waals surface area contributed by atoms with Gasteiger partial charge in [0.2, 0.25) is 0 Å². The number of aromatic nitrogens is 2. The van der Waals surface area contributed by atoms with Crippen LogP contribution >= 0.6 is 11.3 Å². The molecule has 0 radical (unpaired) electrons. The number of para-hydroxylation sites is 3. The van der Waals surface area contributed by atoms with Gasteiger partial charge in [-0.2, -0.15) is 0 Å². The summed E-state index contributed by atoms with van der Waals surface area (Å²) >= 11 is 1.88. The molecule has 0 aliphatic carbocycles. The molecule has 0 saturated carbocycles. The molecule has 3 aromatic heterocycles. The molecule has 0 aliphatic rings. The Hall–Kier alpha value is -8.54. The first kappa shape index (κ1) is 40.5. The summed E-state index contributed by atoms with van der Waals surface area (Å²) in [5, 5.41) is 13.1. The van der Waals surface area contributed by atoms with Crippen molar-refractivity contribution in [2.45, 2.75) is 0 Å². The smallest absolute Gasteiger partial charge is 0.179 e. The van der Waals surface area contributed by atoms with Crippen LogP contribution in [0.25, 0.3) is 97.4 Å². The Morgan fingerprint density at radius 1 is 0.243 bits per heavy atom. The summed E-state index contributed by atoms with van der Waals surface area (Å²) in [5.41, 5.74) is 11.9. The number of thiophene rings is 1. The van der Waals surface area contributed by atoms with Crippen molar-refractivity contribution >= 4 is 104 Å². The zero-order chi connectivity index (χ0) is 46.2. The lowest BCUT2D eigenvalue weighted by molar-refractivity contribution is 1.17. The largest absolute Gasteiger partial charge is 0.309 e. The lowest BCUT2D eigenvalue weighted by atomic mass is 9.99. The summed E-state index contributed by atoms with van der Waals surface area (Å²) in [6.07, 6.45) is 0. The van der Waals surface area contributed by atoms with Crippen molar-refractivity contribution in [2.24, 2.45) is 0 Å². The Kier molecular flexibility index (Phi) is 9.44. The Bertz CT molecular complexity index is 4190. The molecule has 14 rings (SSSR count). The van der Waals surface area contributed by atoms with Gasteiger partial charge in [-0.1, -0.05) is 200 Å². The van der Waals surface area contributed by atoms with Gasteiger partial charge in [0.25, 0.3) is 0 Å². The predicted octanol–water partition coefficient (Wildman–Crippen LogP) is 15.0. The molecule has 4 heteroatoms. The standard InChI is InChI=1S/C66H44N2SSi/c1-4-18-45(19-5-1)47-40-48(42-54(41-47)70(51-20-6-2-7-21-51,52-22-8-3-9-23-52)53-37-39-66-60(44-53)58-27-13-17-31-65(58)69-66)46-32-34-49(35-33-46)67-63-30-16-12-26-57(63)59-43-50(36-38-64(59)67)68-61-28-14-10-24-55(61)56-25-11-15-29-62(56)68/h1-44H. The first-order valence-corrected chi connectivity index (χ1v) is 26.9. The molecule has 0 spiro atoms. The van der Waals surface area contributed by atoms with Gasteiger partial charge in [0, 0.05) is 53.1 Å². The van der Waals surface area contributed by atoms with Crippen LogP contribution in [0, 0.1) is 0 Å². The number of nitrogens with zero attached hydrogens (tertiary/aromatic N) is 2. The maximum absolute atomic E-state index is 2.98. The van der Waals surface area contributed by atoms with E-state index in [0.29, 0.717) is 0 Å². The van der Waals surface area contributed by atoms with Crippen LogP contribution in [0.1, 0.15) is 0 Å². The fraction of sp³-hybridized carbons (Fsp3) is 0. The van der Waals surface area contributed by atoms with Crippen molar-refractivity contribution in [1.82, 2.24) is 9.13 Å². The van der Waals surface area contributed by atoms with Crippen molar-refractivity contribution in [3.8, 4) is 33.6 Å².